The van der Waals surface area contributed by atoms with E-state index in [0.29, 0.717) is 22.1 Å². The van der Waals surface area contributed by atoms with E-state index in [9.17, 15) is 9.18 Å². The minimum atomic E-state index is -0.346. The molecule has 2 aromatic carbocycles. The lowest BCUT2D eigenvalue weighted by Gasteiger charge is -2.06. The molecule has 0 unspecified atom stereocenters. The molecule has 0 saturated carbocycles. The molecule has 1 heterocycles. The number of nitrogens with one attached hydrogen (secondary N) is 2. The zero-order valence-electron chi connectivity index (χ0n) is 15.8. The Hall–Kier alpha value is -3.39. The van der Waals surface area contributed by atoms with Crippen LogP contribution in [-0.2, 0) is 4.79 Å². The van der Waals surface area contributed by atoms with Crippen LogP contribution >= 0.6 is 11.6 Å². The van der Waals surface area contributed by atoms with Crippen LogP contribution in [-0.4, -0.2) is 35.6 Å². The van der Waals surface area contributed by atoms with Crippen molar-refractivity contribution in [2.24, 2.45) is 5.10 Å². The number of carbonyl (C=O) groups excluding carboxylic acids is 1. The van der Waals surface area contributed by atoms with E-state index in [1.165, 1.54) is 23.0 Å². The van der Waals surface area contributed by atoms with Crippen LogP contribution in [0.2, 0.25) is 5.15 Å². The molecular weight excluding hydrogens is 397 g/mol. The second kappa shape index (κ2) is 9.20. The molecule has 2 N–H and O–H groups in total. The third-order valence-electron chi connectivity index (χ3n) is 4.05. The number of hydrogen-bond acceptors (Lipinski definition) is 5. The van der Waals surface area contributed by atoms with E-state index < -0.39 is 0 Å². The summed E-state index contributed by atoms with van der Waals surface area (Å²) >= 11 is 6.37. The molecule has 0 radical (unpaired) electrons. The molecule has 0 aliphatic carbocycles. The van der Waals surface area contributed by atoms with Crippen LogP contribution in [0.25, 0.3) is 5.69 Å². The van der Waals surface area contributed by atoms with E-state index in [1.807, 2.05) is 12.1 Å². The summed E-state index contributed by atoms with van der Waals surface area (Å²) in [4.78, 5) is 12.0. The Labute approximate surface area is 172 Å². The van der Waals surface area contributed by atoms with E-state index in [-0.39, 0.29) is 18.3 Å². The molecule has 29 heavy (non-hydrogen) atoms. The van der Waals surface area contributed by atoms with Gasteiger partial charge >= 0.3 is 0 Å². The van der Waals surface area contributed by atoms with Gasteiger partial charge in [-0.15, -0.1) is 0 Å². The number of ether oxygens (including phenoxy) is 1. The van der Waals surface area contributed by atoms with Crippen molar-refractivity contribution in [3.63, 3.8) is 0 Å². The Bertz CT molecular complexity index is 1020. The molecule has 0 aliphatic heterocycles. The average Bonchev–Trinajstić information content (AvgIpc) is 3.01. The van der Waals surface area contributed by atoms with Crippen molar-refractivity contribution in [2.75, 3.05) is 19.0 Å². The molecule has 0 aliphatic rings. The monoisotopic (exact) mass is 415 g/mol. The molecular formula is C20H19ClFN5O2. The number of methoxy groups -OCH3 is 1. The lowest BCUT2D eigenvalue weighted by Crippen LogP contribution is -2.25. The first-order valence-electron chi connectivity index (χ1n) is 8.69. The predicted octanol–water partition coefficient (Wildman–Crippen LogP) is 3.54. The van der Waals surface area contributed by atoms with E-state index in [0.717, 1.165) is 11.4 Å². The van der Waals surface area contributed by atoms with Gasteiger partial charge in [0.1, 0.15) is 16.7 Å². The summed E-state index contributed by atoms with van der Waals surface area (Å²) in [7, 11) is 1.59. The van der Waals surface area contributed by atoms with Gasteiger partial charge in [0.05, 0.1) is 36.8 Å². The first kappa shape index (κ1) is 20.3. The van der Waals surface area contributed by atoms with Gasteiger partial charge in [-0.3, -0.25) is 4.79 Å². The predicted molar refractivity (Wildman–Crippen MR) is 110 cm³/mol. The van der Waals surface area contributed by atoms with Crippen LogP contribution in [0.4, 0.5) is 10.1 Å². The zero-order chi connectivity index (χ0) is 20.8. The highest BCUT2D eigenvalue weighted by Crippen LogP contribution is 2.22. The number of rotatable bonds is 7. The molecule has 0 fully saturated rings. The first-order chi connectivity index (χ1) is 14.0. The van der Waals surface area contributed by atoms with Gasteiger partial charge in [0.25, 0.3) is 5.91 Å². The number of benzene rings is 2. The molecule has 0 saturated heterocycles. The average molecular weight is 416 g/mol. The van der Waals surface area contributed by atoms with Crippen molar-refractivity contribution < 1.29 is 13.9 Å². The molecule has 0 spiro atoms. The molecule has 7 nitrogen and oxygen atoms in total. The van der Waals surface area contributed by atoms with Gasteiger partial charge in [-0.1, -0.05) is 11.6 Å². The van der Waals surface area contributed by atoms with E-state index >= 15 is 0 Å². The summed E-state index contributed by atoms with van der Waals surface area (Å²) in [6.07, 6.45) is 1.43. The van der Waals surface area contributed by atoms with Crippen molar-refractivity contribution in [1.29, 1.82) is 0 Å². The number of aromatic nitrogens is 2. The normalized spacial score (nSPS) is 10.9. The number of aryl methyl sites for hydroxylation is 1. The minimum absolute atomic E-state index is 0.0468. The fourth-order valence-electron chi connectivity index (χ4n) is 2.51. The van der Waals surface area contributed by atoms with Crippen molar-refractivity contribution in [1.82, 2.24) is 15.2 Å². The Morgan fingerprint density at radius 3 is 2.59 bits per heavy atom. The van der Waals surface area contributed by atoms with Crippen molar-refractivity contribution >= 4 is 29.4 Å². The van der Waals surface area contributed by atoms with Crippen molar-refractivity contribution in [2.45, 2.75) is 6.92 Å². The number of anilines is 1. The lowest BCUT2D eigenvalue weighted by atomic mass is 10.3. The molecule has 9 heteroatoms. The summed E-state index contributed by atoms with van der Waals surface area (Å²) < 4.78 is 19.7. The second-order valence-corrected chi connectivity index (χ2v) is 6.41. The maximum Gasteiger partial charge on any atom is 0.259 e. The van der Waals surface area contributed by atoms with Crippen molar-refractivity contribution in [3.8, 4) is 11.4 Å². The Kier molecular flexibility index (Phi) is 6.46. The molecule has 3 aromatic rings. The smallest absolute Gasteiger partial charge is 0.259 e. The number of nitrogens with zero attached hydrogens (tertiary/aromatic N) is 3. The molecule has 150 valence electrons. The Morgan fingerprint density at radius 2 is 1.93 bits per heavy atom. The van der Waals surface area contributed by atoms with Gasteiger partial charge in [-0.25, -0.2) is 14.5 Å². The van der Waals surface area contributed by atoms with Gasteiger partial charge in [-0.05, 0) is 55.5 Å². The van der Waals surface area contributed by atoms with Crippen LogP contribution < -0.4 is 15.5 Å². The summed E-state index contributed by atoms with van der Waals surface area (Å²) in [5, 5.41) is 11.6. The topological polar surface area (TPSA) is 80.5 Å². The minimum Gasteiger partial charge on any atom is -0.497 e. The lowest BCUT2D eigenvalue weighted by molar-refractivity contribution is -0.119. The van der Waals surface area contributed by atoms with Crippen LogP contribution in [0.5, 0.6) is 5.75 Å². The van der Waals surface area contributed by atoms with Crippen LogP contribution in [0, 0.1) is 12.7 Å². The Balaban J connectivity index is 1.59. The van der Waals surface area contributed by atoms with Gasteiger partial charge in [0, 0.05) is 5.69 Å². The Morgan fingerprint density at radius 1 is 1.24 bits per heavy atom. The number of halogens is 2. The van der Waals surface area contributed by atoms with Crippen LogP contribution in [0.15, 0.2) is 53.6 Å². The summed E-state index contributed by atoms with van der Waals surface area (Å²) in [6.45, 7) is 1.81. The molecule has 0 atom stereocenters. The van der Waals surface area contributed by atoms with Gasteiger partial charge in [0.15, 0.2) is 0 Å². The second-order valence-electron chi connectivity index (χ2n) is 6.05. The largest absolute Gasteiger partial charge is 0.497 e. The summed E-state index contributed by atoms with van der Waals surface area (Å²) in [5.41, 5.74) is 5.01. The number of hydrazone groups is 1. The van der Waals surface area contributed by atoms with Crippen LogP contribution in [0.3, 0.4) is 0 Å². The zero-order valence-corrected chi connectivity index (χ0v) is 16.6. The molecule has 1 aromatic heterocycles. The number of amides is 1. The van der Waals surface area contributed by atoms with E-state index in [1.54, 1.807) is 38.3 Å². The maximum absolute atomic E-state index is 13.1. The van der Waals surface area contributed by atoms with Crippen LogP contribution in [0.1, 0.15) is 11.3 Å². The van der Waals surface area contributed by atoms with E-state index in [4.69, 9.17) is 16.3 Å². The highest BCUT2D eigenvalue weighted by molar-refractivity contribution is 6.32. The SMILES string of the molecule is COc1ccc(NCC(=O)N/N=C/c2c(C)nn(-c3ccc(F)cc3)c2Cl)cc1. The van der Waals surface area contributed by atoms with Gasteiger partial charge < -0.3 is 10.1 Å². The fraction of sp³-hybridized carbons (Fsp3) is 0.150. The molecule has 0 bridgehead atoms. The molecule has 1 amide bonds. The quantitative estimate of drug-likeness (QED) is 0.457. The van der Waals surface area contributed by atoms with E-state index in [2.05, 4.69) is 20.9 Å². The third-order valence-corrected chi connectivity index (χ3v) is 4.41. The fourth-order valence-corrected chi connectivity index (χ4v) is 2.83. The number of carbonyl (C=O) groups is 1. The third kappa shape index (κ3) is 5.11. The summed E-state index contributed by atoms with van der Waals surface area (Å²) in [5.74, 6) is 0.0660. The number of hydrogen-bond donors (Lipinski definition) is 2. The highest BCUT2D eigenvalue weighted by Gasteiger charge is 2.13. The maximum atomic E-state index is 13.1. The van der Waals surface area contributed by atoms with Gasteiger partial charge in [-0.2, -0.15) is 10.2 Å². The molecule has 3 rings (SSSR count). The van der Waals surface area contributed by atoms with Gasteiger partial charge in [0.2, 0.25) is 0 Å². The van der Waals surface area contributed by atoms with Crippen molar-refractivity contribution in [3.05, 3.63) is 70.8 Å². The standard InChI is InChI=1S/C20H19ClFN5O2/c1-13-18(20(21)27(26-13)16-7-3-14(22)4-8-16)11-24-25-19(28)12-23-15-5-9-17(29-2)10-6-15/h3-11,23H,12H2,1-2H3,(H,25,28)/b24-11+. The first-order valence-corrected chi connectivity index (χ1v) is 9.06. The summed E-state index contributed by atoms with van der Waals surface area (Å²) in [6, 6.07) is 13.0. The highest BCUT2D eigenvalue weighted by atomic mass is 35.5.